The summed E-state index contributed by atoms with van der Waals surface area (Å²) in [5.41, 5.74) is -3.32. The van der Waals surface area contributed by atoms with Gasteiger partial charge in [-0.25, -0.2) is 0 Å². The molecule has 1 aromatic heterocycles. The Balaban J connectivity index is 2.32. The summed E-state index contributed by atoms with van der Waals surface area (Å²) in [7, 11) is 3.05. The maximum absolute atomic E-state index is 12.8. The van der Waals surface area contributed by atoms with Gasteiger partial charge in [-0.1, -0.05) is 0 Å². The van der Waals surface area contributed by atoms with Crippen LogP contribution in [0.5, 0.6) is 0 Å². The van der Waals surface area contributed by atoms with Gasteiger partial charge >= 0.3 is 6.18 Å². The number of nitrogens with zero attached hydrogens (tertiary/aromatic N) is 1. The Labute approximate surface area is 125 Å². The third-order valence-corrected chi connectivity index (χ3v) is 4.17. The van der Waals surface area contributed by atoms with E-state index in [0.717, 1.165) is 25.5 Å². The molecule has 2 rings (SSSR count). The van der Waals surface area contributed by atoms with E-state index >= 15 is 0 Å². The van der Waals surface area contributed by atoms with Crippen molar-refractivity contribution in [2.45, 2.75) is 31.0 Å². The molecular weight excluding hydrogens is 301 g/mol. The number of H-pyrrole nitrogens is 1. The van der Waals surface area contributed by atoms with E-state index in [4.69, 9.17) is 4.74 Å². The molecule has 8 heteroatoms. The highest BCUT2D eigenvalue weighted by Crippen LogP contribution is 2.38. The lowest BCUT2D eigenvalue weighted by atomic mass is 9.76. The number of halogens is 3. The third-order valence-electron chi connectivity index (χ3n) is 4.17. The van der Waals surface area contributed by atoms with Crippen molar-refractivity contribution in [3.8, 4) is 0 Å². The predicted octanol–water partition coefficient (Wildman–Crippen LogP) is 2.03. The quantitative estimate of drug-likeness (QED) is 0.924. The van der Waals surface area contributed by atoms with Gasteiger partial charge in [0, 0.05) is 20.4 Å². The number of hydrogen-bond donors (Lipinski definition) is 1. The molecule has 1 aliphatic carbocycles. The van der Waals surface area contributed by atoms with Gasteiger partial charge in [0.1, 0.15) is 5.56 Å². The maximum Gasteiger partial charge on any atom is 0.421 e. The SMILES string of the molecule is COCC1(N(C)C(=O)c2c[nH]c(=O)c(C(F)(F)F)c2)CCC1. The van der Waals surface area contributed by atoms with Crippen LogP contribution < -0.4 is 5.56 Å². The number of alkyl halides is 3. The van der Waals surface area contributed by atoms with E-state index < -0.39 is 28.7 Å². The van der Waals surface area contributed by atoms with Crippen LogP contribution in [0.25, 0.3) is 0 Å². The predicted molar refractivity (Wildman–Crippen MR) is 72.6 cm³/mol. The number of aromatic amines is 1. The van der Waals surface area contributed by atoms with Crippen molar-refractivity contribution < 1.29 is 22.7 Å². The van der Waals surface area contributed by atoms with Crippen LogP contribution in [-0.4, -0.2) is 42.1 Å². The Morgan fingerprint density at radius 3 is 2.55 bits per heavy atom. The van der Waals surface area contributed by atoms with Crippen LogP contribution in [0.1, 0.15) is 35.2 Å². The number of rotatable bonds is 4. The molecule has 22 heavy (non-hydrogen) atoms. The Morgan fingerprint density at radius 1 is 1.45 bits per heavy atom. The summed E-state index contributed by atoms with van der Waals surface area (Å²) in [6.45, 7) is 0.324. The largest absolute Gasteiger partial charge is 0.421 e. The molecule has 0 aromatic carbocycles. The molecule has 5 nitrogen and oxygen atoms in total. The minimum atomic E-state index is -4.80. The fourth-order valence-corrected chi connectivity index (χ4v) is 2.66. The van der Waals surface area contributed by atoms with Crippen molar-refractivity contribution in [1.29, 1.82) is 0 Å². The number of aromatic nitrogens is 1. The average molecular weight is 318 g/mol. The fourth-order valence-electron chi connectivity index (χ4n) is 2.66. The van der Waals surface area contributed by atoms with Gasteiger partial charge in [-0.3, -0.25) is 9.59 Å². The lowest BCUT2D eigenvalue weighted by Crippen LogP contribution is -2.57. The molecule has 0 unspecified atom stereocenters. The van der Waals surface area contributed by atoms with Gasteiger partial charge in [-0.15, -0.1) is 0 Å². The molecule has 1 aromatic rings. The van der Waals surface area contributed by atoms with Crippen LogP contribution in [0.15, 0.2) is 17.1 Å². The lowest BCUT2D eigenvalue weighted by Gasteiger charge is -2.48. The lowest BCUT2D eigenvalue weighted by molar-refractivity contribution is -0.138. The molecule has 0 radical (unpaired) electrons. The zero-order valence-electron chi connectivity index (χ0n) is 12.3. The highest BCUT2D eigenvalue weighted by Gasteiger charge is 2.43. The van der Waals surface area contributed by atoms with Crippen LogP contribution >= 0.6 is 0 Å². The second-order valence-corrected chi connectivity index (χ2v) is 5.50. The van der Waals surface area contributed by atoms with Crippen molar-refractivity contribution in [1.82, 2.24) is 9.88 Å². The summed E-state index contributed by atoms with van der Waals surface area (Å²) < 4.78 is 43.4. The zero-order chi connectivity index (χ0) is 16.5. The molecule has 1 N–H and O–H groups in total. The van der Waals surface area contributed by atoms with Crippen LogP contribution in [-0.2, 0) is 10.9 Å². The van der Waals surface area contributed by atoms with Gasteiger partial charge in [0.15, 0.2) is 0 Å². The van der Waals surface area contributed by atoms with E-state index in [1.54, 1.807) is 7.05 Å². The number of carbonyl (C=O) groups is 1. The van der Waals surface area contributed by atoms with Gasteiger partial charge in [-0.05, 0) is 25.3 Å². The number of ether oxygens (including phenoxy) is 1. The molecule has 1 aliphatic rings. The van der Waals surface area contributed by atoms with Crippen LogP contribution in [0.2, 0.25) is 0 Å². The van der Waals surface area contributed by atoms with Gasteiger partial charge in [-0.2, -0.15) is 13.2 Å². The summed E-state index contributed by atoms with van der Waals surface area (Å²) in [5.74, 6) is -0.571. The van der Waals surface area contributed by atoms with E-state index in [0.29, 0.717) is 12.7 Å². The first-order valence-electron chi connectivity index (χ1n) is 6.78. The van der Waals surface area contributed by atoms with E-state index in [1.165, 1.54) is 12.0 Å². The number of amides is 1. The third kappa shape index (κ3) is 2.87. The zero-order valence-corrected chi connectivity index (χ0v) is 12.3. The highest BCUT2D eigenvalue weighted by atomic mass is 19.4. The number of methoxy groups -OCH3 is 1. The molecule has 1 heterocycles. The molecule has 0 atom stereocenters. The minimum absolute atomic E-state index is 0.197. The highest BCUT2D eigenvalue weighted by molar-refractivity contribution is 5.94. The molecule has 0 aliphatic heterocycles. The van der Waals surface area contributed by atoms with Crippen molar-refractivity contribution in [3.05, 3.63) is 33.7 Å². The van der Waals surface area contributed by atoms with Crippen molar-refractivity contribution in [3.63, 3.8) is 0 Å². The van der Waals surface area contributed by atoms with Gasteiger partial charge in [0.25, 0.3) is 11.5 Å². The Hall–Kier alpha value is -1.83. The second-order valence-electron chi connectivity index (χ2n) is 5.50. The fraction of sp³-hybridized carbons (Fsp3) is 0.571. The van der Waals surface area contributed by atoms with Crippen LogP contribution in [0.4, 0.5) is 13.2 Å². The first-order valence-corrected chi connectivity index (χ1v) is 6.78. The monoisotopic (exact) mass is 318 g/mol. The number of hydrogen-bond acceptors (Lipinski definition) is 3. The summed E-state index contributed by atoms with van der Waals surface area (Å²) >= 11 is 0. The Morgan fingerprint density at radius 2 is 2.09 bits per heavy atom. The normalized spacial score (nSPS) is 17.0. The number of carbonyl (C=O) groups excluding carboxylic acids is 1. The minimum Gasteiger partial charge on any atom is -0.382 e. The topological polar surface area (TPSA) is 62.4 Å². The second kappa shape index (κ2) is 5.75. The molecule has 1 amide bonds. The summed E-state index contributed by atoms with van der Waals surface area (Å²) in [5, 5.41) is 0. The molecule has 0 spiro atoms. The van der Waals surface area contributed by atoms with Gasteiger partial charge in [0.2, 0.25) is 0 Å². The molecule has 0 saturated heterocycles. The summed E-state index contributed by atoms with van der Waals surface area (Å²) in [6, 6.07) is 0.594. The Bertz CT molecular complexity index is 620. The molecular formula is C14H17F3N2O3. The van der Waals surface area contributed by atoms with Crippen LogP contribution in [0.3, 0.4) is 0 Å². The van der Waals surface area contributed by atoms with Crippen molar-refractivity contribution in [2.75, 3.05) is 20.8 Å². The molecule has 122 valence electrons. The van der Waals surface area contributed by atoms with E-state index in [1.807, 2.05) is 4.98 Å². The molecule has 1 fully saturated rings. The van der Waals surface area contributed by atoms with Gasteiger partial charge in [0.05, 0.1) is 17.7 Å². The van der Waals surface area contributed by atoms with E-state index in [-0.39, 0.29) is 5.56 Å². The average Bonchev–Trinajstić information content (AvgIpc) is 2.40. The molecule has 0 bridgehead atoms. The Kier molecular flexibility index (Phi) is 4.32. The molecule has 1 saturated carbocycles. The van der Waals surface area contributed by atoms with Crippen LogP contribution in [0, 0.1) is 0 Å². The first kappa shape index (κ1) is 16.5. The summed E-state index contributed by atoms with van der Waals surface area (Å²) in [6.07, 6.45) is -1.39. The standard InChI is InChI=1S/C14H17F3N2O3/c1-19(13(8-22-2)4-3-5-13)12(21)9-6-10(14(15,16)17)11(20)18-7-9/h6-7H,3-5,8H2,1-2H3,(H,18,20). The maximum atomic E-state index is 12.8. The summed E-state index contributed by atoms with van der Waals surface area (Å²) in [4.78, 5) is 27.1. The van der Waals surface area contributed by atoms with Crippen molar-refractivity contribution in [2.24, 2.45) is 0 Å². The smallest absolute Gasteiger partial charge is 0.382 e. The number of pyridine rings is 1. The number of nitrogens with one attached hydrogen (secondary N) is 1. The van der Waals surface area contributed by atoms with E-state index in [2.05, 4.69) is 0 Å². The first-order chi connectivity index (χ1) is 10.2. The van der Waals surface area contributed by atoms with E-state index in [9.17, 15) is 22.8 Å². The van der Waals surface area contributed by atoms with Crippen molar-refractivity contribution >= 4 is 5.91 Å². The van der Waals surface area contributed by atoms with Gasteiger partial charge < -0.3 is 14.6 Å². The number of likely N-dealkylation sites (N-methyl/N-ethyl adjacent to an activating group) is 1.